The zero-order valence-electron chi connectivity index (χ0n) is 8.63. The molecule has 0 radical (unpaired) electrons. The summed E-state index contributed by atoms with van der Waals surface area (Å²) in [6.45, 7) is 2.46. The van der Waals surface area contributed by atoms with Crippen LogP contribution >= 0.6 is 0 Å². The molecule has 84 valence electrons. The second kappa shape index (κ2) is 5.78. The van der Waals surface area contributed by atoms with Crippen molar-refractivity contribution in [2.75, 3.05) is 6.54 Å². The van der Waals surface area contributed by atoms with Gasteiger partial charge in [-0.3, -0.25) is 0 Å². The van der Waals surface area contributed by atoms with Crippen molar-refractivity contribution in [3.8, 4) is 0 Å². The van der Waals surface area contributed by atoms with Gasteiger partial charge in [0.05, 0.1) is 6.10 Å². The molecule has 1 unspecified atom stereocenters. The molecule has 0 aliphatic rings. The lowest BCUT2D eigenvalue weighted by molar-refractivity contribution is 0.167. The minimum absolute atomic E-state index is 0.223. The van der Waals surface area contributed by atoms with Gasteiger partial charge in [-0.25, -0.2) is 8.78 Å². The first-order chi connectivity index (χ1) is 7.13. The van der Waals surface area contributed by atoms with Crippen LogP contribution in [0.5, 0.6) is 0 Å². The number of aliphatic hydroxyl groups excluding tert-OH is 1. The topological polar surface area (TPSA) is 32.3 Å². The molecule has 0 bridgehead atoms. The van der Waals surface area contributed by atoms with E-state index in [0.717, 1.165) is 18.2 Å². The number of halogens is 2. The Labute approximate surface area is 87.9 Å². The Morgan fingerprint density at radius 3 is 2.80 bits per heavy atom. The Bertz CT molecular complexity index is 317. The summed E-state index contributed by atoms with van der Waals surface area (Å²) in [5.41, 5.74) is 0.276. The molecule has 0 aromatic heterocycles. The van der Waals surface area contributed by atoms with E-state index in [2.05, 4.69) is 5.32 Å². The van der Waals surface area contributed by atoms with Crippen molar-refractivity contribution in [1.82, 2.24) is 5.32 Å². The zero-order chi connectivity index (χ0) is 11.3. The van der Waals surface area contributed by atoms with Gasteiger partial charge in [0.1, 0.15) is 11.6 Å². The maximum atomic E-state index is 13.1. The molecule has 1 atom stereocenters. The quantitative estimate of drug-likeness (QED) is 0.785. The minimum Gasteiger partial charge on any atom is -0.392 e. The van der Waals surface area contributed by atoms with Gasteiger partial charge in [-0.15, -0.1) is 0 Å². The van der Waals surface area contributed by atoms with E-state index in [1.54, 1.807) is 0 Å². The summed E-state index contributed by atoms with van der Waals surface area (Å²) in [5.74, 6) is -0.890. The van der Waals surface area contributed by atoms with Crippen molar-refractivity contribution in [2.24, 2.45) is 0 Å². The smallest absolute Gasteiger partial charge is 0.127 e. The molecule has 0 fully saturated rings. The van der Waals surface area contributed by atoms with Crippen LogP contribution in [0.2, 0.25) is 0 Å². The number of nitrogens with one attached hydrogen (secondary N) is 1. The first-order valence-electron chi connectivity index (χ1n) is 4.96. The summed E-state index contributed by atoms with van der Waals surface area (Å²) < 4.78 is 25.9. The molecule has 4 heteroatoms. The first-order valence-corrected chi connectivity index (χ1v) is 4.96. The monoisotopic (exact) mass is 215 g/mol. The Morgan fingerprint density at radius 1 is 1.40 bits per heavy atom. The van der Waals surface area contributed by atoms with Crippen LogP contribution in [0.4, 0.5) is 8.78 Å². The summed E-state index contributed by atoms with van der Waals surface area (Å²) in [6, 6.07) is 3.34. The Balaban J connectivity index is 2.46. The number of aliphatic hydroxyl groups is 1. The third-order valence-corrected chi connectivity index (χ3v) is 2.17. The average Bonchev–Trinajstić information content (AvgIpc) is 2.23. The van der Waals surface area contributed by atoms with E-state index >= 15 is 0 Å². The molecule has 15 heavy (non-hydrogen) atoms. The Morgan fingerprint density at radius 2 is 2.13 bits per heavy atom. The maximum Gasteiger partial charge on any atom is 0.127 e. The predicted octanol–water partition coefficient (Wildman–Crippen LogP) is 1.83. The largest absolute Gasteiger partial charge is 0.392 e. The van der Waals surface area contributed by atoms with Crippen LogP contribution in [-0.2, 0) is 6.54 Å². The van der Waals surface area contributed by atoms with E-state index in [1.807, 2.05) is 6.92 Å². The molecule has 0 aliphatic carbocycles. The van der Waals surface area contributed by atoms with Crippen LogP contribution in [0.3, 0.4) is 0 Å². The van der Waals surface area contributed by atoms with E-state index in [9.17, 15) is 13.9 Å². The molecule has 0 amide bonds. The molecule has 2 N–H and O–H groups in total. The van der Waals surface area contributed by atoms with Crippen molar-refractivity contribution in [1.29, 1.82) is 0 Å². The third-order valence-electron chi connectivity index (χ3n) is 2.17. The van der Waals surface area contributed by atoms with E-state index < -0.39 is 17.7 Å². The van der Waals surface area contributed by atoms with Crippen LogP contribution in [-0.4, -0.2) is 17.8 Å². The van der Waals surface area contributed by atoms with Gasteiger partial charge in [0, 0.05) is 18.7 Å². The highest BCUT2D eigenvalue weighted by molar-refractivity contribution is 5.18. The van der Waals surface area contributed by atoms with E-state index in [0.29, 0.717) is 13.0 Å². The van der Waals surface area contributed by atoms with Crippen molar-refractivity contribution >= 4 is 0 Å². The lowest BCUT2D eigenvalue weighted by Crippen LogP contribution is -2.26. The van der Waals surface area contributed by atoms with Gasteiger partial charge in [0.15, 0.2) is 0 Å². The minimum atomic E-state index is -0.454. The maximum absolute atomic E-state index is 13.1. The number of hydrogen-bond acceptors (Lipinski definition) is 2. The lowest BCUT2D eigenvalue weighted by Gasteiger charge is -2.09. The summed E-state index contributed by atoms with van der Waals surface area (Å²) in [5, 5.41) is 12.1. The Kier molecular flexibility index (Phi) is 4.65. The fourth-order valence-electron chi connectivity index (χ4n) is 1.20. The van der Waals surface area contributed by atoms with E-state index in [4.69, 9.17) is 0 Å². The van der Waals surface area contributed by atoms with Crippen molar-refractivity contribution in [2.45, 2.75) is 26.0 Å². The number of hydrogen-bond donors (Lipinski definition) is 2. The standard InChI is InChI=1S/C11H15F2NO/c1-2-10(15)7-14-6-8-5-9(12)3-4-11(8)13/h3-5,10,14-15H,2,6-7H2,1H3. The molecule has 0 saturated heterocycles. The van der Waals surface area contributed by atoms with Gasteiger partial charge in [-0.05, 0) is 24.6 Å². The van der Waals surface area contributed by atoms with Gasteiger partial charge >= 0.3 is 0 Å². The van der Waals surface area contributed by atoms with Crippen molar-refractivity contribution in [3.63, 3.8) is 0 Å². The summed E-state index contributed by atoms with van der Waals surface area (Å²) >= 11 is 0. The normalized spacial score (nSPS) is 12.8. The molecular weight excluding hydrogens is 200 g/mol. The predicted molar refractivity (Wildman–Crippen MR) is 54.4 cm³/mol. The van der Waals surface area contributed by atoms with Gasteiger partial charge in [-0.1, -0.05) is 6.92 Å². The molecule has 0 spiro atoms. The first kappa shape index (κ1) is 12.1. The van der Waals surface area contributed by atoms with Crippen LogP contribution < -0.4 is 5.32 Å². The lowest BCUT2D eigenvalue weighted by atomic mass is 10.2. The molecule has 0 aliphatic heterocycles. The van der Waals surface area contributed by atoms with Crippen LogP contribution in [0.1, 0.15) is 18.9 Å². The second-order valence-electron chi connectivity index (χ2n) is 3.43. The summed E-state index contributed by atoms with van der Waals surface area (Å²) in [7, 11) is 0. The highest BCUT2D eigenvalue weighted by Crippen LogP contribution is 2.09. The molecule has 2 nitrogen and oxygen atoms in total. The number of rotatable bonds is 5. The molecular formula is C11H15F2NO. The molecule has 1 rings (SSSR count). The van der Waals surface area contributed by atoms with E-state index in [-0.39, 0.29) is 12.1 Å². The van der Waals surface area contributed by atoms with Gasteiger partial charge in [-0.2, -0.15) is 0 Å². The highest BCUT2D eigenvalue weighted by Gasteiger charge is 2.04. The number of benzene rings is 1. The molecule has 0 saturated carbocycles. The van der Waals surface area contributed by atoms with Crippen LogP contribution in [0, 0.1) is 11.6 Å². The fraction of sp³-hybridized carbons (Fsp3) is 0.455. The summed E-state index contributed by atoms with van der Waals surface area (Å²) in [4.78, 5) is 0. The fourth-order valence-corrected chi connectivity index (χ4v) is 1.20. The van der Waals surface area contributed by atoms with Gasteiger partial charge in [0.2, 0.25) is 0 Å². The van der Waals surface area contributed by atoms with Crippen molar-refractivity contribution in [3.05, 3.63) is 35.4 Å². The zero-order valence-corrected chi connectivity index (χ0v) is 8.63. The van der Waals surface area contributed by atoms with Gasteiger partial charge < -0.3 is 10.4 Å². The molecule has 1 aromatic rings. The molecule has 0 heterocycles. The van der Waals surface area contributed by atoms with Crippen LogP contribution in [0.25, 0.3) is 0 Å². The second-order valence-corrected chi connectivity index (χ2v) is 3.43. The third kappa shape index (κ3) is 3.93. The molecule has 1 aromatic carbocycles. The summed E-state index contributed by atoms with van der Waals surface area (Å²) in [6.07, 6.45) is 0.195. The van der Waals surface area contributed by atoms with Gasteiger partial charge in [0.25, 0.3) is 0 Å². The SMILES string of the molecule is CCC(O)CNCc1cc(F)ccc1F. The van der Waals surface area contributed by atoms with Crippen molar-refractivity contribution < 1.29 is 13.9 Å². The Hall–Kier alpha value is -1.00. The van der Waals surface area contributed by atoms with E-state index in [1.165, 1.54) is 0 Å². The average molecular weight is 215 g/mol. The van der Waals surface area contributed by atoms with Crippen LogP contribution in [0.15, 0.2) is 18.2 Å². The highest BCUT2D eigenvalue weighted by atomic mass is 19.1.